The Hall–Kier alpha value is -3.20. The van der Waals surface area contributed by atoms with Gasteiger partial charge in [-0.15, -0.1) is 0 Å². The van der Waals surface area contributed by atoms with Gasteiger partial charge >= 0.3 is 6.03 Å². The number of hydrogen-bond donors (Lipinski definition) is 3. The predicted octanol–water partition coefficient (Wildman–Crippen LogP) is 3.60. The molecule has 0 unspecified atom stereocenters. The first kappa shape index (κ1) is 21.0. The molecule has 2 aromatic heterocycles. The van der Waals surface area contributed by atoms with Crippen molar-refractivity contribution in [2.24, 2.45) is 5.92 Å². The SMILES string of the molecule is Cc1c([C@H](NC(=O)Nc2cnc(N3CCNCC3)nc2)C(C)C)oc2ccc(F)cc12. The molecule has 9 heteroatoms. The van der Waals surface area contributed by atoms with E-state index in [9.17, 15) is 9.18 Å². The number of rotatable bonds is 5. The Morgan fingerprint density at radius 2 is 1.94 bits per heavy atom. The highest BCUT2D eigenvalue weighted by atomic mass is 19.1. The number of piperazine rings is 1. The predicted molar refractivity (Wildman–Crippen MR) is 118 cm³/mol. The molecule has 1 saturated heterocycles. The average Bonchev–Trinajstić information content (AvgIpc) is 3.08. The molecule has 4 rings (SSSR count). The van der Waals surface area contributed by atoms with Crippen LogP contribution in [0, 0.1) is 18.7 Å². The van der Waals surface area contributed by atoms with Crippen LogP contribution in [0.25, 0.3) is 11.0 Å². The maximum Gasteiger partial charge on any atom is 0.319 e. The molecule has 0 bridgehead atoms. The van der Waals surface area contributed by atoms with Gasteiger partial charge in [-0.25, -0.2) is 19.2 Å². The third-order valence-electron chi connectivity index (χ3n) is 5.47. The Kier molecular flexibility index (Phi) is 6.03. The minimum absolute atomic E-state index is 0.0567. The van der Waals surface area contributed by atoms with Crippen molar-refractivity contribution >= 4 is 28.6 Å². The van der Waals surface area contributed by atoms with Crippen molar-refractivity contribution in [2.75, 3.05) is 36.4 Å². The molecule has 3 heterocycles. The van der Waals surface area contributed by atoms with E-state index in [-0.39, 0.29) is 23.8 Å². The van der Waals surface area contributed by atoms with Gasteiger partial charge in [0.1, 0.15) is 17.2 Å². The molecule has 1 fully saturated rings. The van der Waals surface area contributed by atoms with Crippen LogP contribution >= 0.6 is 0 Å². The Morgan fingerprint density at radius 1 is 1.23 bits per heavy atom. The number of nitrogens with zero attached hydrogens (tertiary/aromatic N) is 3. The van der Waals surface area contributed by atoms with E-state index in [0.29, 0.717) is 28.4 Å². The van der Waals surface area contributed by atoms with Gasteiger partial charge in [-0.2, -0.15) is 0 Å². The molecular weight excluding hydrogens is 399 g/mol. The van der Waals surface area contributed by atoms with E-state index in [1.807, 2.05) is 20.8 Å². The molecule has 1 atom stereocenters. The van der Waals surface area contributed by atoms with Gasteiger partial charge in [0.15, 0.2) is 0 Å². The largest absolute Gasteiger partial charge is 0.459 e. The van der Waals surface area contributed by atoms with Gasteiger partial charge in [0.25, 0.3) is 0 Å². The minimum atomic E-state index is -0.386. The van der Waals surface area contributed by atoms with Crippen LogP contribution in [-0.2, 0) is 0 Å². The van der Waals surface area contributed by atoms with Crippen molar-refractivity contribution in [1.29, 1.82) is 0 Å². The second-order valence-electron chi connectivity index (χ2n) is 8.06. The van der Waals surface area contributed by atoms with Crippen LogP contribution in [0.3, 0.4) is 0 Å². The monoisotopic (exact) mass is 426 g/mol. The smallest absolute Gasteiger partial charge is 0.319 e. The summed E-state index contributed by atoms with van der Waals surface area (Å²) >= 11 is 0. The summed E-state index contributed by atoms with van der Waals surface area (Å²) in [6, 6.07) is 3.66. The number of carbonyl (C=O) groups excluding carboxylic acids is 1. The maximum atomic E-state index is 13.6. The number of anilines is 2. The van der Waals surface area contributed by atoms with Crippen LogP contribution in [0.5, 0.6) is 0 Å². The van der Waals surface area contributed by atoms with Crippen LogP contribution in [0.15, 0.2) is 35.0 Å². The summed E-state index contributed by atoms with van der Waals surface area (Å²) in [6.45, 7) is 9.35. The number of halogens is 1. The van der Waals surface area contributed by atoms with Crippen molar-refractivity contribution in [3.05, 3.63) is 47.7 Å². The van der Waals surface area contributed by atoms with Crippen molar-refractivity contribution in [2.45, 2.75) is 26.8 Å². The Morgan fingerprint density at radius 3 is 2.61 bits per heavy atom. The quantitative estimate of drug-likeness (QED) is 0.577. The number of nitrogens with one attached hydrogen (secondary N) is 3. The lowest BCUT2D eigenvalue weighted by atomic mass is 9.98. The molecule has 2 amide bonds. The summed E-state index contributed by atoms with van der Waals surface area (Å²) < 4.78 is 19.6. The second-order valence-corrected chi connectivity index (χ2v) is 8.06. The van der Waals surface area contributed by atoms with E-state index >= 15 is 0 Å². The summed E-state index contributed by atoms with van der Waals surface area (Å²) in [4.78, 5) is 23.5. The van der Waals surface area contributed by atoms with Crippen LogP contribution < -0.4 is 20.9 Å². The Bertz CT molecular complexity index is 1060. The second kappa shape index (κ2) is 8.89. The Balaban J connectivity index is 1.46. The lowest BCUT2D eigenvalue weighted by Crippen LogP contribution is -2.44. The molecule has 1 aromatic carbocycles. The lowest BCUT2D eigenvalue weighted by Gasteiger charge is -2.27. The van der Waals surface area contributed by atoms with E-state index in [1.165, 1.54) is 12.1 Å². The zero-order chi connectivity index (χ0) is 22.0. The summed E-state index contributed by atoms with van der Waals surface area (Å²) in [5.74, 6) is 1.01. The van der Waals surface area contributed by atoms with Crippen LogP contribution in [0.4, 0.5) is 20.8 Å². The molecule has 0 radical (unpaired) electrons. The van der Waals surface area contributed by atoms with Crippen molar-refractivity contribution in [3.63, 3.8) is 0 Å². The molecule has 0 spiro atoms. The molecule has 1 aliphatic rings. The van der Waals surface area contributed by atoms with E-state index in [0.717, 1.165) is 31.7 Å². The van der Waals surface area contributed by atoms with E-state index in [4.69, 9.17) is 4.42 Å². The topological polar surface area (TPSA) is 95.3 Å². The lowest BCUT2D eigenvalue weighted by molar-refractivity contribution is 0.241. The van der Waals surface area contributed by atoms with Crippen molar-refractivity contribution in [3.8, 4) is 0 Å². The van der Waals surface area contributed by atoms with E-state index < -0.39 is 0 Å². The minimum Gasteiger partial charge on any atom is -0.459 e. The standard InChI is InChI=1S/C22H27FN6O2/c1-13(2)19(20-14(3)17-10-15(23)4-5-18(17)31-20)28-22(30)27-16-11-25-21(26-12-16)29-8-6-24-7-9-29/h4-5,10-13,19,24H,6-9H2,1-3H3,(H2,27,28,30)/t19-/m1/s1. The first-order valence-electron chi connectivity index (χ1n) is 10.5. The van der Waals surface area contributed by atoms with Gasteiger partial charge in [-0.05, 0) is 31.0 Å². The molecule has 31 heavy (non-hydrogen) atoms. The summed E-state index contributed by atoms with van der Waals surface area (Å²) in [5, 5.41) is 9.74. The average molecular weight is 426 g/mol. The molecule has 3 N–H and O–H groups in total. The zero-order valence-corrected chi connectivity index (χ0v) is 17.9. The number of amides is 2. The summed E-state index contributed by atoms with van der Waals surface area (Å²) in [7, 11) is 0. The highest BCUT2D eigenvalue weighted by Crippen LogP contribution is 2.33. The van der Waals surface area contributed by atoms with Crippen molar-refractivity contribution in [1.82, 2.24) is 20.6 Å². The number of hydrogen-bond acceptors (Lipinski definition) is 6. The third kappa shape index (κ3) is 4.61. The number of carbonyl (C=O) groups is 1. The van der Waals surface area contributed by atoms with Crippen LogP contribution in [-0.4, -0.2) is 42.2 Å². The fourth-order valence-electron chi connectivity index (χ4n) is 3.77. The number of furan rings is 1. The summed E-state index contributed by atoms with van der Waals surface area (Å²) in [6.07, 6.45) is 3.20. The van der Waals surface area contributed by atoms with Crippen molar-refractivity contribution < 1.29 is 13.6 Å². The summed E-state index contributed by atoms with van der Waals surface area (Å²) in [5.41, 5.74) is 1.91. The van der Waals surface area contributed by atoms with E-state index in [1.54, 1.807) is 18.5 Å². The molecule has 0 aliphatic carbocycles. The molecular formula is C22H27FN6O2. The first-order chi connectivity index (χ1) is 14.9. The highest BCUT2D eigenvalue weighted by Gasteiger charge is 2.25. The molecule has 8 nitrogen and oxygen atoms in total. The first-order valence-corrected chi connectivity index (χ1v) is 10.5. The third-order valence-corrected chi connectivity index (χ3v) is 5.47. The number of aryl methyl sites for hydroxylation is 1. The van der Waals surface area contributed by atoms with Gasteiger partial charge in [-0.3, -0.25) is 0 Å². The fourth-order valence-corrected chi connectivity index (χ4v) is 3.77. The number of fused-ring (bicyclic) bond motifs is 1. The van der Waals surface area contributed by atoms with Gasteiger partial charge in [0, 0.05) is 37.1 Å². The van der Waals surface area contributed by atoms with Gasteiger partial charge in [0.2, 0.25) is 5.95 Å². The normalized spacial score (nSPS) is 15.3. The molecule has 3 aromatic rings. The molecule has 164 valence electrons. The van der Waals surface area contributed by atoms with Crippen LogP contribution in [0.2, 0.25) is 0 Å². The Labute approximate surface area is 180 Å². The molecule has 0 saturated carbocycles. The van der Waals surface area contributed by atoms with Crippen LogP contribution in [0.1, 0.15) is 31.2 Å². The number of aromatic nitrogens is 2. The van der Waals surface area contributed by atoms with Gasteiger partial charge in [-0.1, -0.05) is 13.8 Å². The number of benzene rings is 1. The zero-order valence-electron chi connectivity index (χ0n) is 17.9. The van der Waals surface area contributed by atoms with E-state index in [2.05, 4.69) is 30.8 Å². The molecule has 1 aliphatic heterocycles. The van der Waals surface area contributed by atoms with Gasteiger partial charge in [0.05, 0.1) is 24.1 Å². The highest BCUT2D eigenvalue weighted by molar-refractivity contribution is 5.89. The van der Waals surface area contributed by atoms with Gasteiger partial charge < -0.3 is 25.3 Å². The number of urea groups is 1. The maximum absolute atomic E-state index is 13.6. The fraction of sp³-hybridized carbons (Fsp3) is 0.409.